The summed E-state index contributed by atoms with van der Waals surface area (Å²) in [6, 6.07) is 13.5. The van der Waals surface area contributed by atoms with Gasteiger partial charge in [-0.05, 0) is 59.9 Å². The number of Topliss-reactive ketones (excluding diaryl/α,β-unsaturated/α-hetero) is 1. The monoisotopic (exact) mass is 583 g/mol. The number of amides is 3. The van der Waals surface area contributed by atoms with Crippen LogP contribution in [0.2, 0.25) is 5.02 Å². The van der Waals surface area contributed by atoms with E-state index in [0.717, 1.165) is 0 Å². The summed E-state index contributed by atoms with van der Waals surface area (Å²) in [5, 5.41) is 17.6. The van der Waals surface area contributed by atoms with Crippen molar-refractivity contribution in [3.05, 3.63) is 88.8 Å². The summed E-state index contributed by atoms with van der Waals surface area (Å²) in [6.45, 7) is 3.84. The summed E-state index contributed by atoms with van der Waals surface area (Å²) in [5.41, 5.74) is 1.38. The number of methoxy groups -OCH3 is 1. The molecule has 4 N–H and O–H groups in total. The zero-order valence-electron chi connectivity index (χ0n) is 23.1. The average Bonchev–Trinajstić information content (AvgIpc) is 3.47. The van der Waals surface area contributed by atoms with Crippen LogP contribution in [0.25, 0.3) is 0 Å². The van der Waals surface area contributed by atoms with E-state index in [0.29, 0.717) is 28.3 Å². The molecule has 0 aliphatic rings. The van der Waals surface area contributed by atoms with Gasteiger partial charge in [0, 0.05) is 17.9 Å². The third-order valence-corrected chi connectivity index (χ3v) is 6.56. The number of ketones is 1. The molecule has 3 amide bonds. The number of carboxylic acid groups (broad SMARTS) is 1. The van der Waals surface area contributed by atoms with E-state index in [-0.39, 0.29) is 24.5 Å². The van der Waals surface area contributed by atoms with Crippen molar-refractivity contribution in [1.29, 1.82) is 0 Å². The lowest BCUT2D eigenvalue weighted by Crippen LogP contribution is -2.56. The van der Waals surface area contributed by atoms with Crippen molar-refractivity contribution in [2.45, 2.75) is 51.2 Å². The second kappa shape index (κ2) is 14.9. The molecular weight excluding hydrogens is 550 g/mol. The van der Waals surface area contributed by atoms with Crippen LogP contribution in [0.5, 0.6) is 5.75 Å². The second-order valence-electron chi connectivity index (χ2n) is 9.98. The Kier molecular flexibility index (Phi) is 11.3. The quantitative estimate of drug-likeness (QED) is 0.207. The van der Waals surface area contributed by atoms with Gasteiger partial charge in [-0.1, -0.05) is 49.7 Å². The van der Waals surface area contributed by atoms with Crippen LogP contribution in [0.1, 0.15) is 41.9 Å². The molecule has 0 fully saturated rings. The zero-order valence-corrected chi connectivity index (χ0v) is 23.8. The lowest BCUT2D eigenvalue weighted by atomic mass is 9.97. The number of furan rings is 1. The topological polar surface area (TPSA) is 147 Å². The molecule has 11 heteroatoms. The smallest absolute Gasteiger partial charge is 0.405 e. The van der Waals surface area contributed by atoms with Gasteiger partial charge in [0.2, 0.25) is 17.6 Å². The maximum Gasteiger partial charge on any atom is 0.405 e. The van der Waals surface area contributed by atoms with E-state index >= 15 is 0 Å². The molecule has 3 atom stereocenters. The number of carbonyl (C=O) groups is 4. The summed E-state index contributed by atoms with van der Waals surface area (Å²) in [4.78, 5) is 51.6. The highest BCUT2D eigenvalue weighted by atomic mass is 35.5. The van der Waals surface area contributed by atoms with Gasteiger partial charge in [0.15, 0.2) is 5.76 Å². The van der Waals surface area contributed by atoms with Gasteiger partial charge in [0.25, 0.3) is 0 Å². The molecule has 218 valence electrons. The molecule has 0 spiro atoms. The first-order valence-corrected chi connectivity index (χ1v) is 13.5. The highest BCUT2D eigenvalue weighted by molar-refractivity contribution is 6.30. The van der Waals surface area contributed by atoms with Crippen LogP contribution in [-0.4, -0.2) is 54.0 Å². The van der Waals surface area contributed by atoms with E-state index in [1.54, 1.807) is 54.6 Å². The zero-order chi connectivity index (χ0) is 29.9. The van der Waals surface area contributed by atoms with Gasteiger partial charge in [0.05, 0.1) is 19.4 Å². The lowest BCUT2D eigenvalue weighted by molar-refractivity contribution is -0.130. The molecule has 1 heterocycles. The molecule has 0 aliphatic heterocycles. The maximum atomic E-state index is 13.6. The summed E-state index contributed by atoms with van der Waals surface area (Å²) < 4.78 is 10.4. The van der Waals surface area contributed by atoms with E-state index in [1.165, 1.54) is 19.4 Å². The molecule has 0 unspecified atom stereocenters. The maximum absolute atomic E-state index is 13.6. The van der Waals surface area contributed by atoms with Crippen LogP contribution in [-0.2, 0) is 22.4 Å². The molecule has 0 saturated heterocycles. The van der Waals surface area contributed by atoms with Gasteiger partial charge in [-0.3, -0.25) is 14.4 Å². The third-order valence-electron chi connectivity index (χ3n) is 6.30. The average molecular weight is 584 g/mol. The minimum absolute atomic E-state index is 0.0321. The summed E-state index contributed by atoms with van der Waals surface area (Å²) in [6.07, 6.45) is 0.431. The van der Waals surface area contributed by atoms with Crippen LogP contribution in [0.3, 0.4) is 0 Å². The number of rotatable bonds is 14. The minimum atomic E-state index is -1.39. The summed E-state index contributed by atoms with van der Waals surface area (Å²) in [7, 11) is 1.52. The molecule has 0 radical (unpaired) electrons. The van der Waals surface area contributed by atoms with Crippen molar-refractivity contribution in [2.75, 3.05) is 7.11 Å². The molecule has 3 aromatic rings. The first-order chi connectivity index (χ1) is 19.5. The molecule has 0 saturated carbocycles. The Labute approximate surface area is 243 Å². The Hall–Kier alpha value is -4.31. The van der Waals surface area contributed by atoms with Gasteiger partial charge in [-0.2, -0.15) is 0 Å². The van der Waals surface area contributed by atoms with Crippen LogP contribution in [0, 0.1) is 5.92 Å². The summed E-state index contributed by atoms with van der Waals surface area (Å²) >= 11 is 6.01. The Bertz CT molecular complexity index is 1310. The number of ether oxygens (including phenoxy) is 1. The molecule has 0 aliphatic carbocycles. The van der Waals surface area contributed by atoms with Gasteiger partial charge in [0.1, 0.15) is 17.8 Å². The van der Waals surface area contributed by atoms with Crippen molar-refractivity contribution in [3.63, 3.8) is 0 Å². The Morgan fingerprint density at radius 3 is 1.85 bits per heavy atom. The number of hydrogen-bond donors (Lipinski definition) is 4. The molecule has 0 bridgehead atoms. The van der Waals surface area contributed by atoms with Gasteiger partial charge < -0.3 is 30.2 Å². The summed E-state index contributed by atoms with van der Waals surface area (Å²) in [5.74, 6) is -0.900. The fourth-order valence-electron chi connectivity index (χ4n) is 4.26. The van der Waals surface area contributed by atoms with Crippen LogP contribution in [0.4, 0.5) is 4.79 Å². The van der Waals surface area contributed by atoms with Crippen molar-refractivity contribution in [2.24, 2.45) is 5.92 Å². The van der Waals surface area contributed by atoms with Crippen LogP contribution in [0.15, 0.2) is 71.3 Å². The van der Waals surface area contributed by atoms with Gasteiger partial charge >= 0.3 is 6.09 Å². The van der Waals surface area contributed by atoms with Crippen LogP contribution < -0.4 is 20.7 Å². The molecular formula is C30H34ClN3O7. The number of benzene rings is 2. The van der Waals surface area contributed by atoms with Gasteiger partial charge in [-0.25, -0.2) is 4.79 Å². The Morgan fingerprint density at radius 2 is 1.37 bits per heavy atom. The highest BCUT2D eigenvalue weighted by Crippen LogP contribution is 2.16. The fourth-order valence-corrected chi connectivity index (χ4v) is 4.39. The first kappa shape index (κ1) is 31.2. The van der Waals surface area contributed by atoms with E-state index < -0.39 is 41.8 Å². The normalized spacial score (nSPS) is 13.1. The van der Waals surface area contributed by atoms with Crippen molar-refractivity contribution >= 4 is 35.3 Å². The highest BCUT2D eigenvalue weighted by Gasteiger charge is 2.31. The molecule has 2 aromatic carbocycles. The molecule has 10 nitrogen and oxygen atoms in total. The largest absolute Gasteiger partial charge is 0.497 e. The first-order valence-electron chi connectivity index (χ1n) is 13.1. The predicted molar refractivity (Wildman–Crippen MR) is 153 cm³/mol. The van der Waals surface area contributed by atoms with E-state index in [9.17, 15) is 24.3 Å². The second-order valence-corrected chi connectivity index (χ2v) is 10.4. The van der Waals surface area contributed by atoms with Crippen molar-refractivity contribution in [3.8, 4) is 5.75 Å². The van der Waals surface area contributed by atoms with Crippen LogP contribution >= 0.6 is 11.6 Å². The van der Waals surface area contributed by atoms with Crippen molar-refractivity contribution < 1.29 is 33.4 Å². The fraction of sp³-hybridized carbons (Fsp3) is 0.333. The number of carbonyl (C=O) groups excluding carboxylic acids is 3. The number of hydrogen-bond acceptors (Lipinski definition) is 6. The number of halogens is 1. The van der Waals surface area contributed by atoms with E-state index in [1.807, 2.05) is 13.8 Å². The van der Waals surface area contributed by atoms with Gasteiger partial charge in [-0.15, -0.1) is 0 Å². The van der Waals surface area contributed by atoms with Crippen molar-refractivity contribution in [1.82, 2.24) is 16.0 Å². The molecule has 1 aromatic heterocycles. The predicted octanol–water partition coefficient (Wildman–Crippen LogP) is 4.26. The van der Waals surface area contributed by atoms with E-state index in [4.69, 9.17) is 20.8 Å². The third kappa shape index (κ3) is 9.68. The van der Waals surface area contributed by atoms with E-state index in [2.05, 4.69) is 16.0 Å². The lowest BCUT2D eigenvalue weighted by Gasteiger charge is -2.25. The Balaban J connectivity index is 1.85. The molecule has 3 rings (SSSR count). The Morgan fingerprint density at radius 1 is 0.829 bits per heavy atom. The number of nitrogens with one attached hydrogen (secondary N) is 3. The minimum Gasteiger partial charge on any atom is -0.497 e. The molecule has 41 heavy (non-hydrogen) atoms. The standard InChI is InChI=1S/C30H34ClN3O7/c1-18(2)15-23(27(35)26-5-4-14-41-26)32-28(36)24(16-19-6-10-21(31)11-7-19)33-29(37)25(34-30(38)39)17-20-8-12-22(40-3)13-9-20/h4-14,18,23-25,34H,15-17H2,1-3H3,(H,32,36)(H,33,37)(H,38,39)/t23-,24-,25-/m0/s1. The SMILES string of the molecule is COc1ccc(C[C@H](NC(=O)O)C(=O)N[C@@H](Cc2ccc(Cl)cc2)C(=O)N[C@@H](CC(C)C)C(=O)c2ccco2)cc1.